The molecule has 1 spiro atoms. The molecule has 2 aliphatic carbocycles. The molecule has 2 saturated heterocycles. The van der Waals surface area contributed by atoms with Gasteiger partial charge in [-0.05, 0) is 41.4 Å². The first-order valence-electron chi connectivity index (χ1n) is 11.7. The maximum atomic E-state index is 13.6. The van der Waals surface area contributed by atoms with Crippen molar-refractivity contribution in [1.82, 2.24) is 4.98 Å². The number of esters is 2. The molecule has 0 amide bonds. The second kappa shape index (κ2) is 6.35. The van der Waals surface area contributed by atoms with Crippen molar-refractivity contribution in [2.75, 3.05) is 6.61 Å². The molecule has 7 rings (SSSR count). The van der Waals surface area contributed by atoms with Crippen molar-refractivity contribution in [3.05, 3.63) is 47.7 Å². The molecule has 33 heavy (non-hydrogen) atoms. The molecule has 4 heterocycles. The number of rotatable bonds is 2. The fourth-order valence-electron chi connectivity index (χ4n) is 7.20. The van der Waals surface area contributed by atoms with E-state index in [4.69, 9.17) is 19.2 Å². The SMILES string of the molecule is CC1(C)C[C@@H]2OC(=O)[C@H](Cc3c[nH]c4ccccc34)N=C2[C@@]23C(=O)O[C@@H]4OCC(=CC[C@@H]12)[C@H]43. The summed E-state index contributed by atoms with van der Waals surface area (Å²) in [6.07, 6.45) is 4.93. The average molecular weight is 447 g/mol. The van der Waals surface area contributed by atoms with E-state index in [9.17, 15) is 9.59 Å². The molecule has 2 aromatic rings. The first-order chi connectivity index (χ1) is 15.9. The lowest BCUT2D eigenvalue weighted by Crippen LogP contribution is -2.64. The van der Waals surface area contributed by atoms with E-state index in [1.54, 1.807) is 0 Å². The molecule has 7 nitrogen and oxygen atoms in total. The van der Waals surface area contributed by atoms with Crippen LogP contribution in [0.15, 0.2) is 47.1 Å². The summed E-state index contributed by atoms with van der Waals surface area (Å²) in [6, 6.07) is 7.33. The third-order valence-electron chi connectivity index (χ3n) is 8.60. The van der Waals surface area contributed by atoms with Gasteiger partial charge >= 0.3 is 11.9 Å². The van der Waals surface area contributed by atoms with Crippen LogP contribution >= 0.6 is 0 Å². The minimum Gasteiger partial charge on any atom is -0.455 e. The molecule has 7 heteroatoms. The van der Waals surface area contributed by atoms with Crippen LogP contribution in [0, 0.1) is 22.7 Å². The molecule has 170 valence electrons. The summed E-state index contributed by atoms with van der Waals surface area (Å²) in [5.74, 6) is -0.751. The molecule has 6 atom stereocenters. The number of benzene rings is 1. The van der Waals surface area contributed by atoms with E-state index in [0.717, 1.165) is 28.5 Å². The van der Waals surface area contributed by atoms with Gasteiger partial charge in [-0.3, -0.25) is 9.79 Å². The highest BCUT2D eigenvalue weighted by molar-refractivity contribution is 6.14. The average Bonchev–Trinajstić information content (AvgIpc) is 3.46. The zero-order chi connectivity index (χ0) is 22.5. The van der Waals surface area contributed by atoms with Crippen LogP contribution in [-0.4, -0.2) is 47.7 Å². The van der Waals surface area contributed by atoms with Gasteiger partial charge in [-0.25, -0.2) is 4.79 Å². The van der Waals surface area contributed by atoms with Crippen molar-refractivity contribution in [2.45, 2.75) is 51.5 Å². The molecule has 1 saturated carbocycles. The maximum Gasteiger partial charge on any atom is 0.331 e. The molecular formula is C26H26N2O5. The van der Waals surface area contributed by atoms with Crippen LogP contribution in [0.4, 0.5) is 0 Å². The van der Waals surface area contributed by atoms with E-state index in [-0.39, 0.29) is 29.2 Å². The number of ether oxygens (including phenoxy) is 3. The Labute approximate surface area is 191 Å². The number of hydrogen-bond donors (Lipinski definition) is 1. The molecule has 1 aromatic heterocycles. The van der Waals surface area contributed by atoms with Crippen LogP contribution in [0.1, 0.15) is 32.3 Å². The third kappa shape index (κ3) is 2.41. The minimum absolute atomic E-state index is 0.0264. The van der Waals surface area contributed by atoms with E-state index in [1.165, 1.54) is 0 Å². The summed E-state index contributed by atoms with van der Waals surface area (Å²) >= 11 is 0. The van der Waals surface area contributed by atoms with Crippen LogP contribution in [0.5, 0.6) is 0 Å². The summed E-state index contributed by atoms with van der Waals surface area (Å²) in [4.78, 5) is 35.0. The lowest BCUT2D eigenvalue weighted by Gasteiger charge is -2.55. The van der Waals surface area contributed by atoms with Crippen molar-refractivity contribution in [3.8, 4) is 0 Å². The van der Waals surface area contributed by atoms with Crippen molar-refractivity contribution in [3.63, 3.8) is 0 Å². The zero-order valence-corrected chi connectivity index (χ0v) is 18.7. The van der Waals surface area contributed by atoms with Gasteiger partial charge in [0.1, 0.15) is 11.5 Å². The number of para-hydroxylation sites is 1. The van der Waals surface area contributed by atoms with Gasteiger partial charge in [-0.1, -0.05) is 38.1 Å². The van der Waals surface area contributed by atoms with Gasteiger partial charge in [0.05, 0.1) is 18.2 Å². The normalized spacial score (nSPS) is 38.1. The van der Waals surface area contributed by atoms with Crippen LogP contribution in [-0.2, 0) is 30.2 Å². The van der Waals surface area contributed by atoms with Gasteiger partial charge in [0.25, 0.3) is 0 Å². The number of nitrogens with zero attached hydrogens (tertiary/aromatic N) is 1. The predicted octanol–water partition coefficient (Wildman–Crippen LogP) is 3.34. The fraction of sp³-hybridized carbons (Fsp3) is 0.500. The topological polar surface area (TPSA) is 90.0 Å². The minimum atomic E-state index is -0.920. The first kappa shape index (κ1) is 19.5. The Bertz CT molecular complexity index is 1270. The van der Waals surface area contributed by atoms with E-state index in [1.807, 2.05) is 30.5 Å². The van der Waals surface area contributed by atoms with E-state index in [0.29, 0.717) is 25.2 Å². The summed E-state index contributed by atoms with van der Waals surface area (Å²) in [7, 11) is 0. The Hall–Kier alpha value is -2.93. The highest BCUT2D eigenvalue weighted by Crippen LogP contribution is 2.65. The number of aromatic amines is 1. The number of H-pyrrole nitrogens is 1. The van der Waals surface area contributed by atoms with Gasteiger partial charge in [-0.2, -0.15) is 0 Å². The molecule has 1 aromatic carbocycles. The van der Waals surface area contributed by atoms with Gasteiger partial charge < -0.3 is 19.2 Å². The molecular weight excluding hydrogens is 420 g/mol. The molecule has 3 fully saturated rings. The monoisotopic (exact) mass is 446 g/mol. The Kier molecular flexibility index (Phi) is 3.76. The lowest BCUT2D eigenvalue weighted by molar-refractivity contribution is -0.166. The maximum absolute atomic E-state index is 13.6. The first-order valence-corrected chi connectivity index (χ1v) is 11.7. The highest BCUT2D eigenvalue weighted by atomic mass is 16.7. The van der Waals surface area contributed by atoms with Crippen molar-refractivity contribution >= 4 is 28.6 Å². The number of carbonyl (C=O) groups is 2. The van der Waals surface area contributed by atoms with Crippen molar-refractivity contribution < 1.29 is 23.8 Å². The van der Waals surface area contributed by atoms with Crippen molar-refractivity contribution in [1.29, 1.82) is 0 Å². The fourth-order valence-corrected chi connectivity index (χ4v) is 7.20. The number of aliphatic imine (C=N–C) groups is 1. The Morgan fingerprint density at radius 3 is 2.91 bits per heavy atom. The van der Waals surface area contributed by atoms with Crippen LogP contribution in [0.3, 0.4) is 0 Å². The number of aromatic nitrogens is 1. The van der Waals surface area contributed by atoms with Gasteiger partial charge in [0, 0.05) is 23.5 Å². The zero-order valence-electron chi connectivity index (χ0n) is 18.7. The smallest absolute Gasteiger partial charge is 0.331 e. The summed E-state index contributed by atoms with van der Waals surface area (Å²) in [5, 5.41) is 1.07. The Morgan fingerprint density at radius 2 is 2.03 bits per heavy atom. The van der Waals surface area contributed by atoms with Gasteiger partial charge in [0.2, 0.25) is 6.29 Å². The molecule has 5 aliphatic rings. The quantitative estimate of drug-likeness (QED) is 0.565. The standard InChI is InChI=1S/C26H26N2O5/c1-25(2)10-18-21(26-19(25)8-7-13-12-31-23(20(13)26)33-24(26)30)28-17(22(29)32-18)9-14-11-27-16-6-4-3-5-15(14)16/h3-7,11,17-20,23,27H,8-10,12H2,1-2H3/t17-,18-,19-,20+,23-,26+/m0/s1. The number of fused-ring (bicyclic) bond motifs is 2. The van der Waals surface area contributed by atoms with E-state index < -0.39 is 23.9 Å². The third-order valence-corrected chi connectivity index (χ3v) is 8.60. The largest absolute Gasteiger partial charge is 0.455 e. The molecule has 0 unspecified atom stereocenters. The highest BCUT2D eigenvalue weighted by Gasteiger charge is 2.74. The van der Waals surface area contributed by atoms with E-state index >= 15 is 0 Å². The molecule has 1 N–H and O–H groups in total. The van der Waals surface area contributed by atoms with Crippen LogP contribution < -0.4 is 0 Å². The predicted molar refractivity (Wildman–Crippen MR) is 119 cm³/mol. The summed E-state index contributed by atoms with van der Waals surface area (Å²) < 4.78 is 17.7. The van der Waals surface area contributed by atoms with E-state index in [2.05, 4.69) is 24.9 Å². The number of carbonyl (C=O) groups excluding carboxylic acids is 2. The number of nitrogens with one attached hydrogen (secondary N) is 1. The lowest BCUT2D eigenvalue weighted by atomic mass is 9.47. The van der Waals surface area contributed by atoms with Crippen molar-refractivity contribution in [2.24, 2.45) is 27.7 Å². The van der Waals surface area contributed by atoms with Crippen LogP contribution in [0.2, 0.25) is 0 Å². The number of hydrogen-bond acceptors (Lipinski definition) is 6. The number of allylic oxidation sites excluding steroid dienone is 1. The molecule has 0 radical (unpaired) electrons. The second-order valence-electron chi connectivity index (χ2n) is 10.7. The Morgan fingerprint density at radius 1 is 1.18 bits per heavy atom. The summed E-state index contributed by atoms with van der Waals surface area (Å²) in [5.41, 5.74) is 2.72. The summed E-state index contributed by atoms with van der Waals surface area (Å²) in [6.45, 7) is 4.81. The molecule has 3 aliphatic heterocycles. The van der Waals surface area contributed by atoms with Gasteiger partial charge in [0.15, 0.2) is 6.04 Å². The van der Waals surface area contributed by atoms with Crippen LogP contribution in [0.25, 0.3) is 10.9 Å². The Balaban J connectivity index is 1.37. The van der Waals surface area contributed by atoms with Gasteiger partial charge in [-0.15, -0.1) is 0 Å². The second-order valence-corrected chi connectivity index (χ2v) is 10.7. The molecule has 0 bridgehead atoms.